The normalized spacial score (nSPS) is 11.7. The number of nitrogens with zero attached hydrogens (tertiary/aromatic N) is 5. The van der Waals surface area contributed by atoms with Gasteiger partial charge in [0, 0.05) is 22.7 Å². The van der Waals surface area contributed by atoms with E-state index >= 15 is 0 Å². The summed E-state index contributed by atoms with van der Waals surface area (Å²) in [5, 5.41) is 12.9. The van der Waals surface area contributed by atoms with Crippen molar-refractivity contribution in [1.29, 1.82) is 0 Å². The van der Waals surface area contributed by atoms with Crippen LogP contribution in [-0.2, 0) is 6.61 Å². The molecule has 0 saturated heterocycles. The molecule has 0 spiro atoms. The summed E-state index contributed by atoms with van der Waals surface area (Å²) in [6.45, 7) is -0.265. The number of tetrazole rings is 1. The SMILES string of the molecule is O=c1[nH]nnn1-c1cccc(SC(F)(F)F)c1COc1ccn(S)n1. The summed E-state index contributed by atoms with van der Waals surface area (Å²) in [6.07, 6.45) is 1.50. The average molecular weight is 390 g/mol. The molecule has 2 aromatic heterocycles. The van der Waals surface area contributed by atoms with Crippen LogP contribution in [0.25, 0.3) is 5.69 Å². The van der Waals surface area contributed by atoms with E-state index in [1.54, 1.807) is 0 Å². The minimum Gasteiger partial charge on any atom is -0.472 e. The van der Waals surface area contributed by atoms with Crippen LogP contribution < -0.4 is 10.4 Å². The van der Waals surface area contributed by atoms with Gasteiger partial charge in [-0.25, -0.2) is 14.0 Å². The zero-order valence-electron chi connectivity index (χ0n) is 12.1. The maximum Gasteiger partial charge on any atom is 0.446 e. The first-order valence-electron chi connectivity index (χ1n) is 6.59. The second-order valence-corrected chi connectivity index (χ2v) is 6.10. The van der Waals surface area contributed by atoms with Gasteiger partial charge < -0.3 is 4.74 Å². The topological polar surface area (TPSA) is 90.6 Å². The first-order chi connectivity index (χ1) is 11.8. The highest BCUT2D eigenvalue weighted by atomic mass is 32.2. The molecule has 0 aliphatic carbocycles. The van der Waals surface area contributed by atoms with Crippen LogP contribution in [0.2, 0.25) is 0 Å². The standard InChI is InChI=1S/C12H9F3N6O2S2/c13-12(14,15)25-9-3-1-2-8(21-11(22)16-18-19-21)7(9)6-23-10-4-5-20(24)17-10/h1-5,24H,6H2,(H,16,19,22). The molecule has 0 saturated carbocycles. The third kappa shape index (κ3) is 4.17. The van der Waals surface area contributed by atoms with E-state index < -0.39 is 11.2 Å². The number of hydrogen-bond donors (Lipinski definition) is 2. The quantitative estimate of drug-likeness (QED) is 0.512. The van der Waals surface area contributed by atoms with Crippen LogP contribution in [0.1, 0.15) is 5.56 Å². The van der Waals surface area contributed by atoms with Crippen LogP contribution >= 0.6 is 24.6 Å². The van der Waals surface area contributed by atoms with Gasteiger partial charge in [-0.15, -0.1) is 5.10 Å². The molecule has 2 heterocycles. The Labute approximate surface area is 147 Å². The van der Waals surface area contributed by atoms with Crippen LogP contribution in [0.4, 0.5) is 13.2 Å². The number of halogens is 3. The fraction of sp³-hybridized carbons (Fsp3) is 0.167. The molecule has 0 radical (unpaired) electrons. The van der Waals surface area contributed by atoms with Gasteiger partial charge in [0.05, 0.1) is 5.69 Å². The molecule has 8 nitrogen and oxygen atoms in total. The molecule has 0 aliphatic rings. The number of aromatic amines is 1. The number of ether oxygens (including phenoxy) is 1. The van der Waals surface area contributed by atoms with Gasteiger partial charge in [-0.1, -0.05) is 6.07 Å². The molecule has 3 rings (SSSR count). The molecule has 0 fully saturated rings. The number of nitrogens with one attached hydrogen (secondary N) is 1. The molecular formula is C12H9F3N6O2S2. The maximum absolute atomic E-state index is 12.8. The van der Waals surface area contributed by atoms with Gasteiger partial charge in [0.2, 0.25) is 5.88 Å². The Bertz CT molecular complexity index is 935. The fourth-order valence-corrected chi connectivity index (χ4v) is 2.83. The first-order valence-corrected chi connectivity index (χ1v) is 7.81. The Morgan fingerprint density at radius 3 is 2.72 bits per heavy atom. The van der Waals surface area contributed by atoms with E-state index in [0.29, 0.717) is 0 Å². The number of hydrogen-bond acceptors (Lipinski definition) is 7. The summed E-state index contributed by atoms with van der Waals surface area (Å²) >= 11 is 3.64. The van der Waals surface area contributed by atoms with Crippen molar-refractivity contribution in [2.45, 2.75) is 17.0 Å². The Hall–Kier alpha value is -2.41. The molecule has 1 aromatic carbocycles. The van der Waals surface area contributed by atoms with Gasteiger partial charge in [-0.3, -0.25) is 0 Å². The van der Waals surface area contributed by atoms with E-state index in [4.69, 9.17) is 4.74 Å². The highest BCUT2D eigenvalue weighted by Gasteiger charge is 2.31. The van der Waals surface area contributed by atoms with Crippen LogP contribution in [-0.4, -0.2) is 34.9 Å². The Morgan fingerprint density at radius 1 is 1.32 bits per heavy atom. The monoisotopic (exact) mass is 390 g/mol. The molecular weight excluding hydrogens is 381 g/mol. The number of benzene rings is 1. The lowest BCUT2D eigenvalue weighted by molar-refractivity contribution is -0.0328. The smallest absolute Gasteiger partial charge is 0.446 e. The van der Waals surface area contributed by atoms with E-state index in [2.05, 4.69) is 33.4 Å². The predicted molar refractivity (Wildman–Crippen MR) is 84.8 cm³/mol. The molecule has 0 atom stereocenters. The second-order valence-electron chi connectivity index (χ2n) is 4.58. The summed E-state index contributed by atoms with van der Waals surface area (Å²) in [7, 11) is 0. The van der Waals surface area contributed by atoms with E-state index in [-0.39, 0.29) is 40.4 Å². The van der Waals surface area contributed by atoms with Crippen molar-refractivity contribution in [3.63, 3.8) is 0 Å². The first kappa shape index (κ1) is 17.4. The molecule has 0 amide bonds. The predicted octanol–water partition coefficient (Wildman–Crippen LogP) is 2.04. The minimum atomic E-state index is -4.51. The van der Waals surface area contributed by atoms with Crippen LogP contribution in [0, 0.1) is 0 Å². The summed E-state index contributed by atoms with van der Waals surface area (Å²) in [6, 6.07) is 5.61. The van der Waals surface area contributed by atoms with Crippen molar-refractivity contribution in [2.75, 3.05) is 0 Å². The Balaban J connectivity index is 2.01. The van der Waals surface area contributed by atoms with E-state index in [1.807, 2.05) is 0 Å². The number of thiol groups is 1. The third-order valence-electron chi connectivity index (χ3n) is 2.95. The molecule has 3 aromatic rings. The van der Waals surface area contributed by atoms with Gasteiger partial charge in [-0.05, 0) is 47.1 Å². The Morgan fingerprint density at radius 2 is 2.12 bits per heavy atom. The lowest BCUT2D eigenvalue weighted by atomic mass is 10.2. The third-order valence-corrected chi connectivity index (χ3v) is 4.01. The van der Waals surface area contributed by atoms with E-state index in [9.17, 15) is 18.0 Å². The zero-order valence-corrected chi connectivity index (χ0v) is 13.8. The van der Waals surface area contributed by atoms with Gasteiger partial charge in [-0.2, -0.15) is 17.9 Å². The lowest BCUT2D eigenvalue weighted by Gasteiger charge is -2.14. The number of thioether (sulfide) groups is 1. The molecule has 0 aliphatic heterocycles. The minimum absolute atomic E-state index is 0.120. The fourth-order valence-electron chi connectivity index (χ4n) is 1.99. The summed E-state index contributed by atoms with van der Waals surface area (Å²) in [5.41, 5.74) is -4.95. The van der Waals surface area contributed by atoms with Gasteiger partial charge in [0.25, 0.3) is 0 Å². The van der Waals surface area contributed by atoms with Gasteiger partial charge >= 0.3 is 11.2 Å². The van der Waals surface area contributed by atoms with Crippen molar-refractivity contribution in [3.05, 3.63) is 46.5 Å². The molecule has 1 N–H and O–H groups in total. The molecule has 132 valence electrons. The number of aromatic nitrogens is 6. The molecule has 0 bridgehead atoms. The molecule has 13 heteroatoms. The number of rotatable bonds is 5. The summed E-state index contributed by atoms with van der Waals surface area (Å²) in [4.78, 5) is 11.6. The van der Waals surface area contributed by atoms with Crippen LogP contribution in [0.3, 0.4) is 0 Å². The van der Waals surface area contributed by atoms with Crippen molar-refractivity contribution in [1.82, 2.24) is 29.4 Å². The average Bonchev–Trinajstić information content (AvgIpc) is 3.12. The number of H-pyrrole nitrogens is 1. The Kier molecular flexibility index (Phi) is 4.76. The largest absolute Gasteiger partial charge is 0.472 e. The van der Waals surface area contributed by atoms with E-state index in [1.165, 1.54) is 34.5 Å². The van der Waals surface area contributed by atoms with Gasteiger partial charge in [0.1, 0.15) is 6.61 Å². The molecule has 0 unspecified atom stereocenters. The van der Waals surface area contributed by atoms with Crippen LogP contribution in [0.15, 0.2) is 40.2 Å². The maximum atomic E-state index is 12.8. The summed E-state index contributed by atoms with van der Waals surface area (Å²) in [5.74, 6) is 0.167. The highest BCUT2D eigenvalue weighted by molar-refractivity contribution is 8.00. The van der Waals surface area contributed by atoms with Crippen molar-refractivity contribution in [3.8, 4) is 11.6 Å². The lowest BCUT2D eigenvalue weighted by Crippen LogP contribution is -2.19. The van der Waals surface area contributed by atoms with Crippen LogP contribution in [0.5, 0.6) is 5.88 Å². The van der Waals surface area contributed by atoms with Gasteiger partial charge in [0.15, 0.2) is 0 Å². The number of alkyl halides is 3. The zero-order chi connectivity index (χ0) is 18.0. The van der Waals surface area contributed by atoms with Crippen molar-refractivity contribution >= 4 is 24.6 Å². The highest BCUT2D eigenvalue weighted by Crippen LogP contribution is 2.40. The van der Waals surface area contributed by atoms with Crippen molar-refractivity contribution in [2.24, 2.45) is 0 Å². The van der Waals surface area contributed by atoms with Crippen molar-refractivity contribution < 1.29 is 17.9 Å². The van der Waals surface area contributed by atoms with E-state index in [0.717, 1.165) is 4.68 Å². The molecule has 25 heavy (non-hydrogen) atoms. The summed E-state index contributed by atoms with van der Waals surface area (Å²) < 4.78 is 46.0. The second kappa shape index (κ2) is 6.84.